The van der Waals surface area contributed by atoms with Crippen molar-refractivity contribution in [1.82, 2.24) is 20.0 Å². The van der Waals surface area contributed by atoms with Gasteiger partial charge in [-0.05, 0) is 30.4 Å². The minimum Gasteiger partial charge on any atom is -0.387 e. The number of benzene rings is 1. The zero-order valence-electron chi connectivity index (χ0n) is 23.8. The molecule has 2 saturated heterocycles. The first-order valence-corrected chi connectivity index (χ1v) is 14.8. The molecule has 0 aromatic heterocycles. The summed E-state index contributed by atoms with van der Waals surface area (Å²) in [5, 5.41) is 15.5. The molecule has 2 atom stereocenters. The first-order chi connectivity index (χ1) is 19.5. The van der Waals surface area contributed by atoms with E-state index in [0.717, 1.165) is 49.9 Å². The molecule has 2 N–H and O–H groups in total. The van der Waals surface area contributed by atoms with Gasteiger partial charge < -0.3 is 25.1 Å². The van der Waals surface area contributed by atoms with Crippen LogP contribution in [-0.4, -0.2) is 95.8 Å². The van der Waals surface area contributed by atoms with Gasteiger partial charge in [-0.15, -0.1) is 0 Å². The van der Waals surface area contributed by atoms with Crippen LogP contribution in [0.25, 0.3) is 5.57 Å². The van der Waals surface area contributed by atoms with Gasteiger partial charge in [0.15, 0.2) is 0 Å². The predicted octanol–water partition coefficient (Wildman–Crippen LogP) is 3.81. The van der Waals surface area contributed by atoms with Crippen molar-refractivity contribution in [3.63, 3.8) is 0 Å². The van der Waals surface area contributed by atoms with Crippen LogP contribution in [0.4, 0.5) is 13.2 Å². The average molecular weight is 575 g/mol. The topological polar surface area (TPSA) is 76.1 Å². The van der Waals surface area contributed by atoms with Crippen LogP contribution in [-0.2, 0) is 9.59 Å². The Balaban J connectivity index is 1.37. The van der Waals surface area contributed by atoms with Gasteiger partial charge in [-0.25, -0.2) is 0 Å². The van der Waals surface area contributed by atoms with Crippen LogP contribution in [0.5, 0.6) is 0 Å². The van der Waals surface area contributed by atoms with Crippen LogP contribution in [0, 0.1) is 11.3 Å². The Hall–Kier alpha value is -2.85. The third-order valence-electron chi connectivity index (χ3n) is 9.42. The molecule has 10 heteroatoms. The van der Waals surface area contributed by atoms with E-state index in [1.54, 1.807) is 4.90 Å². The van der Waals surface area contributed by atoms with Gasteiger partial charge in [-0.3, -0.25) is 9.59 Å². The molecule has 0 unspecified atom stereocenters. The smallest absolute Gasteiger partial charge is 0.387 e. The number of halogens is 3. The minimum atomic E-state index is -4.40. The van der Waals surface area contributed by atoms with E-state index in [4.69, 9.17) is 0 Å². The SMILES string of the molecule is C[C@H](CC(F)(F)F)C(=O)N1CC[C@@](O)(CN2C=C(C(=O)N3CCNCC3)C(c3ccccc3)=CC2)C2(CCCC2)C1. The maximum Gasteiger partial charge on any atom is 0.389 e. The summed E-state index contributed by atoms with van der Waals surface area (Å²) in [6.45, 7) is 5.37. The quantitative estimate of drug-likeness (QED) is 0.541. The van der Waals surface area contributed by atoms with Crippen LogP contribution >= 0.6 is 0 Å². The first kappa shape index (κ1) is 29.6. The van der Waals surface area contributed by atoms with E-state index in [9.17, 15) is 27.9 Å². The van der Waals surface area contributed by atoms with Crippen LogP contribution in [0.1, 0.15) is 51.0 Å². The molecule has 1 aliphatic carbocycles. The molecule has 1 aromatic carbocycles. The maximum atomic E-state index is 13.8. The minimum absolute atomic E-state index is 0.0343. The van der Waals surface area contributed by atoms with E-state index >= 15 is 0 Å². The summed E-state index contributed by atoms with van der Waals surface area (Å²) in [7, 11) is 0. The second-order valence-corrected chi connectivity index (χ2v) is 12.2. The molecule has 4 aliphatic rings. The average Bonchev–Trinajstić information content (AvgIpc) is 3.44. The summed E-state index contributed by atoms with van der Waals surface area (Å²) in [5.41, 5.74) is 0.728. The standard InChI is InChI=1S/C31H41F3N4O3/c1-23(19-31(32,33)34)27(39)38-16-12-30(41,29(21-38)10-5-6-11-29)22-36-15-9-25(24-7-3-2-4-8-24)26(20-36)28(40)37-17-13-35-14-18-37/h2-4,7-9,20,23,35,41H,5-6,10-19,21-22H2,1H3/t23-,30-/m1/s1. The lowest BCUT2D eigenvalue weighted by Gasteiger charge is -2.54. The molecule has 1 aromatic rings. The van der Waals surface area contributed by atoms with E-state index in [2.05, 4.69) is 5.32 Å². The monoisotopic (exact) mass is 574 g/mol. The summed E-state index contributed by atoms with van der Waals surface area (Å²) >= 11 is 0. The van der Waals surface area contributed by atoms with Gasteiger partial charge in [0, 0.05) is 69.9 Å². The normalized spacial score (nSPS) is 25.6. The predicted molar refractivity (Wildman–Crippen MR) is 150 cm³/mol. The summed E-state index contributed by atoms with van der Waals surface area (Å²) in [4.78, 5) is 32.2. The fourth-order valence-corrected chi connectivity index (χ4v) is 7.20. The zero-order chi connectivity index (χ0) is 29.3. The molecule has 0 radical (unpaired) electrons. The van der Waals surface area contributed by atoms with Crippen molar-refractivity contribution in [1.29, 1.82) is 0 Å². The van der Waals surface area contributed by atoms with Crippen molar-refractivity contribution in [3.05, 3.63) is 53.7 Å². The number of carbonyl (C=O) groups excluding carboxylic acids is 2. The van der Waals surface area contributed by atoms with Gasteiger partial charge in [0.2, 0.25) is 5.91 Å². The molecule has 3 heterocycles. The molecule has 41 heavy (non-hydrogen) atoms. The maximum absolute atomic E-state index is 13.8. The van der Waals surface area contributed by atoms with Gasteiger partial charge in [0.1, 0.15) is 0 Å². The molecular formula is C31H41F3N4O3. The lowest BCUT2D eigenvalue weighted by atomic mass is 9.65. The van der Waals surface area contributed by atoms with E-state index in [-0.39, 0.29) is 25.4 Å². The number of nitrogens with zero attached hydrogens (tertiary/aromatic N) is 3. The second kappa shape index (κ2) is 11.8. The Morgan fingerprint density at radius 2 is 1.71 bits per heavy atom. The van der Waals surface area contributed by atoms with E-state index in [1.807, 2.05) is 52.4 Å². The number of nitrogens with one attached hydrogen (secondary N) is 1. The number of hydrogen-bond donors (Lipinski definition) is 2. The fraction of sp³-hybridized carbons (Fsp3) is 0.613. The molecular weight excluding hydrogens is 533 g/mol. The highest BCUT2D eigenvalue weighted by molar-refractivity contribution is 6.09. The van der Waals surface area contributed by atoms with Crippen molar-refractivity contribution in [3.8, 4) is 0 Å². The van der Waals surface area contributed by atoms with E-state index in [1.165, 1.54) is 6.92 Å². The third kappa shape index (κ3) is 6.33. The summed E-state index contributed by atoms with van der Waals surface area (Å²) in [6.07, 6.45) is 1.93. The molecule has 7 nitrogen and oxygen atoms in total. The highest BCUT2D eigenvalue weighted by Crippen LogP contribution is 2.52. The number of likely N-dealkylation sites (tertiary alicyclic amines) is 1. The van der Waals surface area contributed by atoms with Crippen LogP contribution in [0.3, 0.4) is 0 Å². The number of piperidine rings is 1. The Kier molecular flexibility index (Phi) is 8.53. The number of amides is 2. The molecule has 3 aliphatic heterocycles. The lowest BCUT2D eigenvalue weighted by Crippen LogP contribution is -2.64. The number of hydrogen-bond acceptors (Lipinski definition) is 5. The van der Waals surface area contributed by atoms with Crippen LogP contribution in [0.15, 0.2) is 48.2 Å². The first-order valence-electron chi connectivity index (χ1n) is 14.8. The number of β-amino-alcohol motifs (C(OH)–C–C–N with tert-alkyl or cyclic N) is 1. The Morgan fingerprint density at radius 1 is 1.02 bits per heavy atom. The highest BCUT2D eigenvalue weighted by Gasteiger charge is 2.56. The summed E-state index contributed by atoms with van der Waals surface area (Å²) < 4.78 is 39.0. The Morgan fingerprint density at radius 3 is 2.37 bits per heavy atom. The molecule has 5 rings (SSSR count). The lowest BCUT2D eigenvalue weighted by molar-refractivity contribution is -0.172. The number of alkyl halides is 3. The largest absolute Gasteiger partial charge is 0.389 e. The second-order valence-electron chi connectivity index (χ2n) is 12.2. The molecule has 3 fully saturated rings. The van der Waals surface area contributed by atoms with Crippen molar-refractivity contribution in [2.45, 2.75) is 57.2 Å². The summed E-state index contributed by atoms with van der Waals surface area (Å²) in [6, 6.07) is 9.83. The molecule has 224 valence electrons. The van der Waals surface area contributed by atoms with Crippen LogP contribution < -0.4 is 5.32 Å². The van der Waals surface area contributed by atoms with E-state index < -0.39 is 35.4 Å². The van der Waals surface area contributed by atoms with Gasteiger partial charge in [0.05, 0.1) is 17.6 Å². The fourth-order valence-electron chi connectivity index (χ4n) is 7.20. The van der Waals surface area contributed by atoms with Crippen LogP contribution in [0.2, 0.25) is 0 Å². The van der Waals surface area contributed by atoms with Crippen molar-refractivity contribution in [2.75, 3.05) is 52.4 Å². The van der Waals surface area contributed by atoms with Gasteiger partial charge in [0.25, 0.3) is 5.91 Å². The van der Waals surface area contributed by atoms with Gasteiger partial charge in [-0.2, -0.15) is 13.2 Å². The zero-order valence-corrected chi connectivity index (χ0v) is 23.8. The molecule has 0 bridgehead atoms. The highest BCUT2D eigenvalue weighted by atomic mass is 19.4. The number of rotatable bonds is 6. The number of aliphatic hydroxyl groups is 1. The Labute approximate surface area is 240 Å². The van der Waals surface area contributed by atoms with Gasteiger partial charge in [-0.1, -0.05) is 56.2 Å². The summed E-state index contributed by atoms with van der Waals surface area (Å²) in [5.74, 6) is -1.68. The molecule has 1 spiro atoms. The van der Waals surface area contributed by atoms with Gasteiger partial charge >= 0.3 is 6.18 Å². The number of carbonyl (C=O) groups is 2. The Bertz CT molecular complexity index is 1170. The molecule has 1 saturated carbocycles. The third-order valence-corrected chi connectivity index (χ3v) is 9.42. The van der Waals surface area contributed by atoms with E-state index in [0.29, 0.717) is 31.8 Å². The van der Waals surface area contributed by atoms with Crippen molar-refractivity contribution >= 4 is 17.4 Å². The number of piperazine rings is 1. The molecule has 2 amide bonds. The van der Waals surface area contributed by atoms with Crippen molar-refractivity contribution < 1.29 is 27.9 Å². The van der Waals surface area contributed by atoms with Crippen molar-refractivity contribution in [2.24, 2.45) is 11.3 Å².